The van der Waals surface area contributed by atoms with Crippen molar-refractivity contribution in [3.8, 4) is 0 Å². The Morgan fingerprint density at radius 1 is 1.44 bits per heavy atom. The second-order valence-electron chi connectivity index (χ2n) is 3.49. The minimum absolute atomic E-state index is 0.186. The van der Waals surface area contributed by atoms with E-state index in [0.29, 0.717) is 17.7 Å². The lowest BCUT2D eigenvalue weighted by atomic mass is 10.1. The summed E-state index contributed by atoms with van der Waals surface area (Å²) in [4.78, 5) is 22.3. The van der Waals surface area contributed by atoms with Gasteiger partial charge in [-0.25, -0.2) is 9.18 Å². The Balaban J connectivity index is 3.00. The van der Waals surface area contributed by atoms with Crippen LogP contribution >= 0.6 is 0 Å². The van der Waals surface area contributed by atoms with Crippen LogP contribution in [0.15, 0.2) is 24.3 Å². The van der Waals surface area contributed by atoms with E-state index in [1.54, 1.807) is 6.92 Å². The molecule has 5 heteroatoms. The monoisotopic (exact) mass is 251 g/mol. The second-order valence-corrected chi connectivity index (χ2v) is 3.49. The van der Waals surface area contributed by atoms with Gasteiger partial charge in [0.1, 0.15) is 5.82 Å². The Kier molecular flexibility index (Phi) is 5.05. The summed E-state index contributed by atoms with van der Waals surface area (Å²) in [6, 6.07) is 3.91. The van der Waals surface area contributed by atoms with Crippen molar-refractivity contribution in [1.29, 1.82) is 0 Å². The molecule has 0 fully saturated rings. The highest BCUT2D eigenvalue weighted by Gasteiger charge is 2.05. The molecule has 1 amide bonds. The van der Waals surface area contributed by atoms with Crippen LogP contribution in [0.2, 0.25) is 0 Å². The zero-order valence-corrected chi connectivity index (χ0v) is 10.2. The molecule has 0 saturated carbocycles. The number of hydrogen-bond donors (Lipinski definition) is 1. The van der Waals surface area contributed by atoms with Crippen molar-refractivity contribution in [2.45, 2.75) is 13.3 Å². The SMILES string of the molecule is CCC(=O)Nc1ccc(F)cc1C=CC(=O)OC. The zero-order valence-electron chi connectivity index (χ0n) is 10.2. The van der Waals surface area contributed by atoms with Gasteiger partial charge in [0.2, 0.25) is 5.91 Å². The van der Waals surface area contributed by atoms with E-state index in [0.717, 1.165) is 6.08 Å². The van der Waals surface area contributed by atoms with Crippen molar-refractivity contribution < 1.29 is 18.7 Å². The van der Waals surface area contributed by atoms with Crippen LogP contribution in [0.5, 0.6) is 0 Å². The molecule has 0 aliphatic heterocycles. The van der Waals surface area contributed by atoms with E-state index in [-0.39, 0.29) is 5.91 Å². The molecule has 1 N–H and O–H groups in total. The van der Waals surface area contributed by atoms with E-state index in [1.807, 2.05) is 0 Å². The third kappa shape index (κ3) is 4.01. The van der Waals surface area contributed by atoms with E-state index in [1.165, 1.54) is 31.4 Å². The van der Waals surface area contributed by atoms with E-state index in [9.17, 15) is 14.0 Å². The largest absolute Gasteiger partial charge is 0.466 e. The standard InChI is InChI=1S/C13H14FNO3/c1-3-12(16)15-11-6-5-10(14)8-9(11)4-7-13(17)18-2/h4-8H,3H2,1-2H3,(H,15,16). The Labute approximate surface area is 104 Å². The minimum atomic E-state index is -0.549. The molecule has 0 aliphatic carbocycles. The van der Waals surface area contributed by atoms with Crippen LogP contribution in [0.25, 0.3) is 6.08 Å². The first-order valence-corrected chi connectivity index (χ1v) is 5.42. The average Bonchev–Trinajstić information content (AvgIpc) is 2.38. The van der Waals surface area contributed by atoms with Gasteiger partial charge in [-0.05, 0) is 24.3 Å². The topological polar surface area (TPSA) is 55.4 Å². The molecule has 1 aromatic carbocycles. The summed E-state index contributed by atoms with van der Waals surface area (Å²) < 4.78 is 17.5. The van der Waals surface area contributed by atoms with Gasteiger partial charge in [0.15, 0.2) is 0 Å². The number of carbonyl (C=O) groups is 2. The van der Waals surface area contributed by atoms with Gasteiger partial charge >= 0.3 is 5.97 Å². The minimum Gasteiger partial charge on any atom is -0.466 e. The van der Waals surface area contributed by atoms with Crippen molar-refractivity contribution >= 4 is 23.6 Å². The fraction of sp³-hybridized carbons (Fsp3) is 0.231. The molecule has 18 heavy (non-hydrogen) atoms. The molecular weight excluding hydrogens is 237 g/mol. The summed E-state index contributed by atoms with van der Waals surface area (Å²) in [5.74, 6) is -1.18. The average molecular weight is 251 g/mol. The van der Waals surface area contributed by atoms with E-state index in [2.05, 4.69) is 10.1 Å². The van der Waals surface area contributed by atoms with Crippen LogP contribution in [0.1, 0.15) is 18.9 Å². The summed E-state index contributed by atoms with van der Waals surface area (Å²) in [5, 5.41) is 2.62. The molecule has 0 spiro atoms. The van der Waals surface area contributed by atoms with Gasteiger partial charge in [0.05, 0.1) is 7.11 Å². The summed E-state index contributed by atoms with van der Waals surface area (Å²) in [7, 11) is 1.25. The van der Waals surface area contributed by atoms with E-state index in [4.69, 9.17) is 0 Å². The van der Waals surface area contributed by atoms with Gasteiger partial charge in [-0.3, -0.25) is 4.79 Å². The second kappa shape index (κ2) is 6.54. The number of amides is 1. The van der Waals surface area contributed by atoms with Gasteiger partial charge in [0.25, 0.3) is 0 Å². The summed E-state index contributed by atoms with van der Waals surface area (Å²) >= 11 is 0. The number of ether oxygens (including phenoxy) is 1. The van der Waals surface area contributed by atoms with Crippen LogP contribution in [-0.2, 0) is 14.3 Å². The number of benzene rings is 1. The maximum absolute atomic E-state index is 13.1. The number of hydrogen-bond acceptors (Lipinski definition) is 3. The number of halogens is 1. The van der Waals surface area contributed by atoms with E-state index < -0.39 is 11.8 Å². The fourth-order valence-corrected chi connectivity index (χ4v) is 1.25. The number of anilines is 1. The number of methoxy groups -OCH3 is 1. The molecule has 1 rings (SSSR count). The smallest absolute Gasteiger partial charge is 0.330 e. The number of carbonyl (C=O) groups excluding carboxylic acids is 2. The first-order chi connectivity index (χ1) is 8.56. The van der Waals surface area contributed by atoms with Gasteiger partial charge in [-0.2, -0.15) is 0 Å². The maximum Gasteiger partial charge on any atom is 0.330 e. The Hall–Kier alpha value is -2.17. The molecule has 0 heterocycles. The van der Waals surface area contributed by atoms with Crippen LogP contribution in [0, 0.1) is 5.82 Å². The van der Waals surface area contributed by atoms with Crippen LogP contribution in [-0.4, -0.2) is 19.0 Å². The molecule has 0 radical (unpaired) electrons. The van der Waals surface area contributed by atoms with Crippen LogP contribution < -0.4 is 5.32 Å². The summed E-state index contributed by atoms with van der Waals surface area (Å²) in [6.45, 7) is 1.71. The van der Waals surface area contributed by atoms with Gasteiger partial charge < -0.3 is 10.1 Å². The molecule has 0 saturated heterocycles. The van der Waals surface area contributed by atoms with Crippen LogP contribution in [0.3, 0.4) is 0 Å². The molecule has 0 aromatic heterocycles. The zero-order chi connectivity index (χ0) is 13.5. The normalized spacial score (nSPS) is 10.4. The molecule has 0 aliphatic rings. The Morgan fingerprint density at radius 2 is 2.17 bits per heavy atom. The summed E-state index contributed by atoms with van der Waals surface area (Å²) in [5.41, 5.74) is 0.852. The predicted octanol–water partition coefficient (Wildman–Crippen LogP) is 2.36. The highest BCUT2D eigenvalue weighted by Crippen LogP contribution is 2.19. The molecular formula is C13H14FNO3. The Bertz CT molecular complexity index is 483. The fourth-order valence-electron chi connectivity index (χ4n) is 1.25. The predicted molar refractivity (Wildman–Crippen MR) is 66.4 cm³/mol. The van der Waals surface area contributed by atoms with E-state index >= 15 is 0 Å². The highest BCUT2D eigenvalue weighted by molar-refractivity contribution is 5.94. The lowest BCUT2D eigenvalue weighted by molar-refractivity contribution is -0.134. The van der Waals surface area contributed by atoms with Crippen molar-refractivity contribution in [3.05, 3.63) is 35.7 Å². The van der Waals surface area contributed by atoms with Gasteiger partial charge in [-0.15, -0.1) is 0 Å². The van der Waals surface area contributed by atoms with Crippen molar-refractivity contribution in [2.24, 2.45) is 0 Å². The Morgan fingerprint density at radius 3 is 2.78 bits per heavy atom. The molecule has 0 unspecified atom stereocenters. The molecule has 4 nitrogen and oxygen atoms in total. The van der Waals surface area contributed by atoms with Crippen molar-refractivity contribution in [3.63, 3.8) is 0 Å². The molecule has 1 aromatic rings. The quantitative estimate of drug-likeness (QED) is 0.660. The van der Waals surface area contributed by atoms with Crippen molar-refractivity contribution in [2.75, 3.05) is 12.4 Å². The van der Waals surface area contributed by atoms with Crippen molar-refractivity contribution in [1.82, 2.24) is 0 Å². The third-order valence-corrected chi connectivity index (χ3v) is 2.21. The lowest BCUT2D eigenvalue weighted by Gasteiger charge is -2.07. The molecule has 0 atom stereocenters. The summed E-state index contributed by atoms with van der Waals surface area (Å²) in [6.07, 6.45) is 2.87. The molecule has 0 bridgehead atoms. The third-order valence-electron chi connectivity index (χ3n) is 2.21. The maximum atomic E-state index is 13.1. The lowest BCUT2D eigenvalue weighted by Crippen LogP contribution is -2.10. The first kappa shape index (κ1) is 13.9. The number of nitrogens with one attached hydrogen (secondary N) is 1. The van der Waals surface area contributed by atoms with Gasteiger partial charge in [0, 0.05) is 23.7 Å². The highest BCUT2D eigenvalue weighted by atomic mass is 19.1. The number of rotatable bonds is 4. The van der Waals surface area contributed by atoms with Crippen LogP contribution in [0.4, 0.5) is 10.1 Å². The van der Waals surface area contributed by atoms with Gasteiger partial charge in [-0.1, -0.05) is 6.92 Å². The first-order valence-electron chi connectivity index (χ1n) is 5.42. The molecule has 96 valence electrons. The number of esters is 1.